The molecule has 0 amide bonds. The van der Waals surface area contributed by atoms with Crippen LogP contribution in [0.25, 0.3) is 11.4 Å². The summed E-state index contributed by atoms with van der Waals surface area (Å²) in [7, 11) is 0. The van der Waals surface area contributed by atoms with Crippen molar-refractivity contribution in [3.8, 4) is 22.9 Å². The first-order valence-electron chi connectivity index (χ1n) is 10.9. The van der Waals surface area contributed by atoms with Gasteiger partial charge in [-0.15, -0.1) is 10.2 Å². The minimum Gasteiger partial charge on any atom is -0.507 e. The number of ether oxygens (including phenoxy) is 1. The molecule has 3 aromatic carbocycles. The standard InChI is InChI=1S/C26H24N4O4/c1-3-5-23-20(10-13-22(16(2)31)25(23)33)15-34-21-11-8-17(9-12-21)24(32)18-6-4-7-19(14-18)26-27-29-30-28-26/h4,6-14,33H,3,5,15H2,1-2H3,(H,27,28,29,30). The molecule has 34 heavy (non-hydrogen) atoms. The summed E-state index contributed by atoms with van der Waals surface area (Å²) in [5.74, 6) is 0.731. The van der Waals surface area contributed by atoms with Gasteiger partial charge in [0.25, 0.3) is 0 Å². The summed E-state index contributed by atoms with van der Waals surface area (Å²) in [6.07, 6.45) is 1.47. The minimum atomic E-state index is -0.176. The summed E-state index contributed by atoms with van der Waals surface area (Å²) in [5.41, 5.74) is 3.60. The van der Waals surface area contributed by atoms with E-state index in [0.29, 0.717) is 40.2 Å². The van der Waals surface area contributed by atoms with E-state index in [1.165, 1.54) is 6.92 Å². The molecule has 4 aromatic rings. The van der Waals surface area contributed by atoms with Gasteiger partial charge < -0.3 is 9.84 Å². The number of hydrogen-bond acceptors (Lipinski definition) is 7. The molecule has 0 aliphatic carbocycles. The lowest BCUT2D eigenvalue weighted by molar-refractivity contribution is 0.101. The van der Waals surface area contributed by atoms with Crippen LogP contribution in [0.3, 0.4) is 0 Å². The SMILES string of the molecule is CCCc1c(COc2ccc(C(=O)c3cccc(-c4nn[nH]n4)c3)cc2)ccc(C(C)=O)c1O. The molecule has 172 valence electrons. The van der Waals surface area contributed by atoms with E-state index in [2.05, 4.69) is 20.6 Å². The quantitative estimate of drug-likeness (QED) is 0.355. The van der Waals surface area contributed by atoms with E-state index in [1.807, 2.05) is 19.1 Å². The third-order valence-corrected chi connectivity index (χ3v) is 5.50. The Morgan fingerprint density at radius 3 is 2.50 bits per heavy atom. The van der Waals surface area contributed by atoms with Crippen molar-refractivity contribution in [1.29, 1.82) is 0 Å². The van der Waals surface area contributed by atoms with Crippen molar-refractivity contribution in [2.24, 2.45) is 0 Å². The molecule has 0 unspecified atom stereocenters. The number of carbonyl (C=O) groups is 2. The number of tetrazole rings is 1. The number of phenolic OH excluding ortho intramolecular Hbond substituents is 1. The highest BCUT2D eigenvalue weighted by Crippen LogP contribution is 2.29. The first-order valence-corrected chi connectivity index (χ1v) is 10.9. The number of carbonyl (C=O) groups excluding carboxylic acids is 2. The topological polar surface area (TPSA) is 118 Å². The maximum Gasteiger partial charge on any atom is 0.204 e. The molecule has 8 nitrogen and oxygen atoms in total. The third kappa shape index (κ3) is 4.85. The molecule has 0 saturated heterocycles. The van der Waals surface area contributed by atoms with E-state index in [4.69, 9.17) is 4.74 Å². The highest BCUT2D eigenvalue weighted by molar-refractivity contribution is 6.09. The molecule has 1 aromatic heterocycles. The minimum absolute atomic E-state index is 0.0273. The number of H-pyrrole nitrogens is 1. The van der Waals surface area contributed by atoms with Crippen LogP contribution in [0.1, 0.15) is 57.7 Å². The zero-order valence-corrected chi connectivity index (χ0v) is 18.9. The van der Waals surface area contributed by atoms with E-state index in [0.717, 1.165) is 17.5 Å². The molecule has 0 bridgehead atoms. The molecule has 0 saturated carbocycles. The van der Waals surface area contributed by atoms with Crippen molar-refractivity contribution in [2.75, 3.05) is 0 Å². The van der Waals surface area contributed by atoms with Crippen molar-refractivity contribution in [1.82, 2.24) is 20.6 Å². The molecular weight excluding hydrogens is 432 g/mol. The van der Waals surface area contributed by atoms with Crippen LogP contribution in [0.5, 0.6) is 11.5 Å². The average molecular weight is 457 g/mol. The number of ketones is 2. The Kier molecular flexibility index (Phi) is 6.77. The molecule has 0 aliphatic heterocycles. The van der Waals surface area contributed by atoms with E-state index < -0.39 is 0 Å². The number of nitrogens with one attached hydrogen (secondary N) is 1. The van der Waals surface area contributed by atoms with Gasteiger partial charge in [-0.2, -0.15) is 5.21 Å². The molecule has 0 atom stereocenters. The van der Waals surface area contributed by atoms with Crippen LogP contribution in [0, 0.1) is 0 Å². The van der Waals surface area contributed by atoms with Gasteiger partial charge in [-0.25, -0.2) is 0 Å². The van der Waals surface area contributed by atoms with Gasteiger partial charge in [-0.3, -0.25) is 9.59 Å². The number of benzene rings is 3. The Hall–Kier alpha value is -4.33. The molecular formula is C26H24N4O4. The number of aromatic nitrogens is 4. The second kappa shape index (κ2) is 10.1. The zero-order chi connectivity index (χ0) is 24.1. The van der Waals surface area contributed by atoms with Crippen LogP contribution in [0.4, 0.5) is 0 Å². The molecule has 1 heterocycles. The molecule has 0 spiro atoms. The van der Waals surface area contributed by atoms with Crippen molar-refractivity contribution in [2.45, 2.75) is 33.3 Å². The first kappa shape index (κ1) is 22.8. The number of aromatic amines is 1. The maximum absolute atomic E-state index is 12.9. The summed E-state index contributed by atoms with van der Waals surface area (Å²) in [6.45, 7) is 3.69. The van der Waals surface area contributed by atoms with Gasteiger partial charge in [-0.05, 0) is 60.5 Å². The molecule has 0 aliphatic rings. The number of hydrogen-bond donors (Lipinski definition) is 2. The summed E-state index contributed by atoms with van der Waals surface area (Å²) >= 11 is 0. The van der Waals surface area contributed by atoms with Crippen LogP contribution < -0.4 is 4.74 Å². The third-order valence-electron chi connectivity index (χ3n) is 5.50. The lowest BCUT2D eigenvalue weighted by Gasteiger charge is -2.14. The van der Waals surface area contributed by atoms with Crippen LogP contribution in [-0.4, -0.2) is 37.3 Å². The Morgan fingerprint density at radius 2 is 1.82 bits per heavy atom. The molecule has 4 rings (SSSR count). The van der Waals surface area contributed by atoms with Crippen LogP contribution >= 0.6 is 0 Å². The number of Topliss-reactive ketones (excluding diaryl/α,β-unsaturated/α-hetero) is 1. The number of nitrogens with zero attached hydrogens (tertiary/aromatic N) is 3. The predicted molar refractivity (Wildman–Crippen MR) is 126 cm³/mol. The maximum atomic E-state index is 12.9. The summed E-state index contributed by atoms with van der Waals surface area (Å²) in [6, 6.07) is 17.4. The second-order valence-corrected chi connectivity index (χ2v) is 7.86. The van der Waals surface area contributed by atoms with E-state index in [1.54, 1.807) is 48.5 Å². The fraction of sp³-hybridized carbons (Fsp3) is 0.192. The molecule has 0 fully saturated rings. The van der Waals surface area contributed by atoms with Gasteiger partial charge >= 0.3 is 0 Å². The number of aromatic hydroxyl groups is 1. The molecule has 8 heteroatoms. The highest BCUT2D eigenvalue weighted by atomic mass is 16.5. The van der Waals surface area contributed by atoms with Crippen molar-refractivity contribution < 1.29 is 19.4 Å². The Labute approximate surface area is 196 Å². The van der Waals surface area contributed by atoms with E-state index in [-0.39, 0.29) is 23.9 Å². The normalized spacial score (nSPS) is 10.8. The predicted octanol–water partition coefficient (Wildman–Crippen LogP) is 4.54. The summed E-state index contributed by atoms with van der Waals surface area (Å²) in [4.78, 5) is 24.7. The second-order valence-electron chi connectivity index (χ2n) is 7.86. The number of phenols is 1. The van der Waals surface area contributed by atoms with Crippen LogP contribution in [0.15, 0.2) is 60.7 Å². The van der Waals surface area contributed by atoms with Gasteiger partial charge in [0.2, 0.25) is 5.82 Å². The Morgan fingerprint density at radius 1 is 1.03 bits per heavy atom. The average Bonchev–Trinajstić information content (AvgIpc) is 3.39. The number of rotatable bonds is 9. The monoisotopic (exact) mass is 456 g/mol. The van der Waals surface area contributed by atoms with Gasteiger partial charge in [0.15, 0.2) is 11.6 Å². The van der Waals surface area contributed by atoms with Crippen molar-refractivity contribution in [3.05, 3.63) is 88.5 Å². The largest absolute Gasteiger partial charge is 0.507 e. The summed E-state index contributed by atoms with van der Waals surface area (Å²) < 4.78 is 5.91. The summed E-state index contributed by atoms with van der Waals surface area (Å²) in [5, 5.41) is 24.4. The lowest BCUT2D eigenvalue weighted by atomic mass is 9.97. The fourth-order valence-electron chi connectivity index (χ4n) is 3.74. The smallest absolute Gasteiger partial charge is 0.204 e. The van der Waals surface area contributed by atoms with Gasteiger partial charge in [0.05, 0.1) is 5.56 Å². The fourth-order valence-corrected chi connectivity index (χ4v) is 3.74. The van der Waals surface area contributed by atoms with Crippen molar-refractivity contribution in [3.63, 3.8) is 0 Å². The van der Waals surface area contributed by atoms with Gasteiger partial charge in [-0.1, -0.05) is 37.6 Å². The Bertz CT molecular complexity index is 1320. The van der Waals surface area contributed by atoms with Gasteiger partial charge in [0, 0.05) is 22.3 Å². The van der Waals surface area contributed by atoms with Crippen molar-refractivity contribution >= 4 is 11.6 Å². The van der Waals surface area contributed by atoms with Crippen LogP contribution in [-0.2, 0) is 13.0 Å². The van der Waals surface area contributed by atoms with E-state index >= 15 is 0 Å². The highest BCUT2D eigenvalue weighted by Gasteiger charge is 2.16. The molecule has 2 N–H and O–H groups in total. The van der Waals surface area contributed by atoms with E-state index in [9.17, 15) is 14.7 Å². The lowest BCUT2D eigenvalue weighted by Crippen LogP contribution is -2.05. The zero-order valence-electron chi connectivity index (χ0n) is 18.9. The van der Waals surface area contributed by atoms with Gasteiger partial charge in [0.1, 0.15) is 18.1 Å². The molecule has 0 radical (unpaired) electrons. The Balaban J connectivity index is 1.48. The first-order chi connectivity index (χ1) is 16.5. The van der Waals surface area contributed by atoms with Crippen LogP contribution in [0.2, 0.25) is 0 Å².